The number of hydrazine groups is 1. The van der Waals surface area contributed by atoms with Crippen molar-refractivity contribution in [2.24, 2.45) is 0 Å². The lowest BCUT2D eigenvalue weighted by atomic mass is 10.2. The molecule has 3 N–H and O–H groups in total. The molecule has 2 aromatic rings. The topological polar surface area (TPSA) is 124 Å². The van der Waals surface area contributed by atoms with Crippen LogP contribution in [0.5, 0.6) is 0 Å². The largest absolute Gasteiger partial charge is 0.454 e. The molecule has 0 aliphatic carbocycles. The van der Waals surface area contributed by atoms with Gasteiger partial charge >= 0.3 is 11.8 Å². The van der Waals surface area contributed by atoms with Crippen LogP contribution in [0.3, 0.4) is 0 Å². The lowest BCUT2D eigenvalue weighted by Gasteiger charge is -2.11. The summed E-state index contributed by atoms with van der Waals surface area (Å²) in [5, 5.41) is 8.93. The minimum absolute atomic E-state index is 0.100. The van der Waals surface area contributed by atoms with E-state index in [9.17, 15) is 9.59 Å². The number of rotatable bonds is 6. The number of amides is 1. The summed E-state index contributed by atoms with van der Waals surface area (Å²) in [4.78, 5) is 27.4. The number of hydrogen-bond donors (Lipinski definition) is 3. The van der Waals surface area contributed by atoms with E-state index < -0.39 is 18.1 Å². The molecule has 136 valence electrons. The van der Waals surface area contributed by atoms with E-state index in [0.29, 0.717) is 0 Å². The fraction of sp³-hybridized carbons (Fsp3) is 0.188. The molecular formula is C16H16N4O6. The van der Waals surface area contributed by atoms with Crippen molar-refractivity contribution in [1.29, 1.82) is 0 Å². The minimum atomic E-state index is -0.851. The van der Waals surface area contributed by atoms with Crippen molar-refractivity contribution >= 4 is 17.8 Å². The number of hydrogen-bond acceptors (Lipinski definition) is 8. The van der Waals surface area contributed by atoms with E-state index in [-0.39, 0.29) is 24.9 Å². The van der Waals surface area contributed by atoms with Gasteiger partial charge in [-0.25, -0.2) is 19.6 Å². The Kier molecular flexibility index (Phi) is 5.34. The van der Waals surface area contributed by atoms with Gasteiger partial charge in [-0.15, -0.1) is 0 Å². The lowest BCUT2D eigenvalue weighted by molar-refractivity contribution is -0.0555. The molecule has 1 unspecified atom stereocenters. The Morgan fingerprint density at radius 2 is 2.12 bits per heavy atom. The first-order valence-electron chi connectivity index (χ1n) is 7.61. The summed E-state index contributed by atoms with van der Waals surface area (Å²) < 4.78 is 16.3. The Bertz CT molecular complexity index is 851. The SMILES string of the molecule is O=C(NNc1ccn(C2=COC(CO)O2)c(=O)n1)OCc1ccccc1. The molecule has 2 heterocycles. The Morgan fingerprint density at radius 3 is 2.81 bits per heavy atom. The number of aromatic nitrogens is 2. The van der Waals surface area contributed by atoms with E-state index in [4.69, 9.17) is 19.3 Å². The summed E-state index contributed by atoms with van der Waals surface area (Å²) in [6, 6.07) is 10.6. The average molecular weight is 360 g/mol. The van der Waals surface area contributed by atoms with Crippen LogP contribution in [0.4, 0.5) is 10.6 Å². The highest BCUT2D eigenvalue weighted by molar-refractivity contribution is 5.68. The van der Waals surface area contributed by atoms with Crippen molar-refractivity contribution in [2.75, 3.05) is 12.0 Å². The molecule has 3 rings (SSSR count). The number of anilines is 1. The molecule has 26 heavy (non-hydrogen) atoms. The number of nitrogens with one attached hydrogen (secondary N) is 2. The van der Waals surface area contributed by atoms with Crippen LogP contribution in [0.1, 0.15) is 5.56 Å². The fourth-order valence-electron chi connectivity index (χ4n) is 2.03. The molecule has 0 radical (unpaired) electrons. The Labute approximate surface area is 147 Å². The molecule has 10 nitrogen and oxygen atoms in total. The molecule has 1 aromatic heterocycles. The van der Waals surface area contributed by atoms with E-state index in [0.717, 1.165) is 10.1 Å². The minimum Gasteiger partial charge on any atom is -0.454 e. The van der Waals surface area contributed by atoms with Crippen molar-refractivity contribution in [2.45, 2.75) is 12.9 Å². The van der Waals surface area contributed by atoms with Crippen molar-refractivity contribution in [3.8, 4) is 0 Å². The highest BCUT2D eigenvalue weighted by Crippen LogP contribution is 2.16. The Balaban J connectivity index is 1.52. The molecule has 1 amide bonds. The summed E-state index contributed by atoms with van der Waals surface area (Å²) in [5.74, 6) is 0.212. The van der Waals surface area contributed by atoms with Crippen LogP contribution in [-0.2, 0) is 20.8 Å². The second kappa shape index (κ2) is 8.03. The second-order valence-electron chi connectivity index (χ2n) is 5.10. The van der Waals surface area contributed by atoms with Crippen LogP contribution in [0.2, 0.25) is 0 Å². The van der Waals surface area contributed by atoms with Crippen LogP contribution in [-0.4, -0.2) is 33.6 Å². The van der Waals surface area contributed by atoms with Crippen LogP contribution in [0.15, 0.2) is 53.7 Å². The predicted octanol–water partition coefficient (Wildman–Crippen LogP) is 0.618. The number of nitrogens with zero attached hydrogens (tertiary/aromatic N) is 2. The van der Waals surface area contributed by atoms with Gasteiger partial charge in [-0.1, -0.05) is 30.3 Å². The van der Waals surface area contributed by atoms with Crippen molar-refractivity contribution in [1.82, 2.24) is 15.0 Å². The summed E-state index contributed by atoms with van der Waals surface area (Å²) in [7, 11) is 0. The smallest absolute Gasteiger partial charge is 0.426 e. The van der Waals surface area contributed by atoms with Crippen molar-refractivity contribution in [3.05, 3.63) is 64.9 Å². The van der Waals surface area contributed by atoms with Crippen molar-refractivity contribution in [3.63, 3.8) is 0 Å². The van der Waals surface area contributed by atoms with Gasteiger partial charge in [0.2, 0.25) is 5.88 Å². The lowest BCUT2D eigenvalue weighted by Crippen LogP contribution is -2.32. The predicted molar refractivity (Wildman–Crippen MR) is 89.2 cm³/mol. The highest BCUT2D eigenvalue weighted by atomic mass is 16.7. The van der Waals surface area contributed by atoms with Gasteiger partial charge in [0.25, 0.3) is 6.29 Å². The van der Waals surface area contributed by atoms with Crippen LogP contribution >= 0.6 is 0 Å². The highest BCUT2D eigenvalue weighted by Gasteiger charge is 2.20. The molecule has 0 saturated heterocycles. The number of carbonyl (C=O) groups is 1. The zero-order chi connectivity index (χ0) is 18.4. The fourth-order valence-corrected chi connectivity index (χ4v) is 2.03. The molecule has 1 aromatic carbocycles. The van der Waals surface area contributed by atoms with E-state index >= 15 is 0 Å². The monoisotopic (exact) mass is 360 g/mol. The maximum absolute atomic E-state index is 12.0. The van der Waals surface area contributed by atoms with Crippen molar-refractivity contribution < 1.29 is 24.1 Å². The van der Waals surface area contributed by atoms with E-state index in [1.807, 2.05) is 30.3 Å². The third kappa shape index (κ3) is 4.30. The van der Waals surface area contributed by atoms with Crippen LogP contribution in [0, 0.1) is 0 Å². The first-order valence-corrected chi connectivity index (χ1v) is 7.61. The number of aliphatic hydroxyl groups is 1. The molecule has 1 aliphatic rings. The third-order valence-electron chi connectivity index (χ3n) is 3.27. The second-order valence-corrected chi connectivity index (χ2v) is 5.10. The van der Waals surface area contributed by atoms with Gasteiger partial charge in [0.05, 0.1) is 0 Å². The number of benzene rings is 1. The van der Waals surface area contributed by atoms with Gasteiger partial charge < -0.3 is 19.3 Å². The Hall–Kier alpha value is -3.53. The zero-order valence-electron chi connectivity index (χ0n) is 13.5. The summed E-state index contributed by atoms with van der Waals surface area (Å²) >= 11 is 0. The molecular weight excluding hydrogens is 344 g/mol. The summed E-state index contributed by atoms with van der Waals surface area (Å²) in [6.07, 6.45) is 1.01. The average Bonchev–Trinajstić information content (AvgIpc) is 3.14. The molecule has 0 spiro atoms. The van der Waals surface area contributed by atoms with Gasteiger partial charge in [-0.05, 0) is 11.6 Å². The third-order valence-corrected chi connectivity index (χ3v) is 3.27. The summed E-state index contributed by atoms with van der Waals surface area (Å²) in [6.45, 7) is -0.238. The quantitative estimate of drug-likeness (QED) is 0.641. The molecule has 10 heteroatoms. The molecule has 0 fully saturated rings. The van der Waals surface area contributed by atoms with Gasteiger partial charge in [-0.3, -0.25) is 5.43 Å². The van der Waals surface area contributed by atoms with E-state index in [2.05, 4.69) is 15.8 Å². The Morgan fingerprint density at radius 1 is 1.31 bits per heavy atom. The molecule has 0 saturated carbocycles. The first-order chi connectivity index (χ1) is 12.7. The molecule has 1 aliphatic heterocycles. The maximum Gasteiger partial charge on any atom is 0.426 e. The van der Waals surface area contributed by atoms with Gasteiger partial charge in [0, 0.05) is 6.20 Å². The van der Waals surface area contributed by atoms with E-state index in [1.54, 1.807) is 0 Å². The molecule has 1 atom stereocenters. The standard InChI is InChI=1S/C16H16N4O6/c21-8-14-24-10-13(26-14)20-7-6-12(17-15(20)22)18-19-16(23)25-9-11-4-2-1-3-5-11/h1-7,10,14,21H,8-9H2,(H,19,23)(H,17,18,22). The van der Waals surface area contributed by atoms with Crippen LogP contribution < -0.4 is 16.5 Å². The number of ether oxygens (including phenoxy) is 3. The normalized spacial score (nSPS) is 15.4. The van der Waals surface area contributed by atoms with Crippen LogP contribution in [0.25, 0.3) is 5.88 Å². The number of aliphatic hydroxyl groups excluding tert-OH is 1. The molecule has 0 bridgehead atoms. The first kappa shape index (κ1) is 17.3. The van der Waals surface area contributed by atoms with E-state index in [1.165, 1.54) is 18.5 Å². The number of carbonyl (C=O) groups excluding carboxylic acids is 1. The van der Waals surface area contributed by atoms with Gasteiger partial charge in [-0.2, -0.15) is 4.98 Å². The summed E-state index contributed by atoms with van der Waals surface area (Å²) in [5.41, 5.74) is 4.94. The maximum atomic E-state index is 12.0. The zero-order valence-corrected chi connectivity index (χ0v) is 13.5. The van der Waals surface area contributed by atoms with Gasteiger partial charge in [0.1, 0.15) is 19.5 Å². The van der Waals surface area contributed by atoms with Gasteiger partial charge in [0.15, 0.2) is 5.82 Å².